The van der Waals surface area contributed by atoms with E-state index in [1.54, 1.807) is 18.2 Å². The topological polar surface area (TPSA) is 40.5 Å². The monoisotopic (exact) mass is 321 g/mol. The zero-order valence-corrected chi connectivity index (χ0v) is 14.4. The Morgan fingerprint density at radius 1 is 1.32 bits per heavy atom. The van der Waals surface area contributed by atoms with Crippen molar-refractivity contribution < 1.29 is 9.90 Å². The highest BCUT2D eigenvalue weighted by Gasteiger charge is 2.38. The zero-order chi connectivity index (χ0) is 16.5. The van der Waals surface area contributed by atoms with E-state index in [2.05, 4.69) is 44.7 Å². The second-order valence-electron chi connectivity index (χ2n) is 7.05. The van der Waals surface area contributed by atoms with Gasteiger partial charge in [-0.25, -0.2) is 4.79 Å². The van der Waals surface area contributed by atoms with Crippen molar-refractivity contribution in [2.45, 2.75) is 51.6 Å². The van der Waals surface area contributed by atoms with E-state index >= 15 is 0 Å². The number of carbonyl (C=O) groups is 1. The molecule has 0 aromatic heterocycles. The SMILES string of the molecule is CC1(C)C=CCC(C)(C)N1CCc1c(Cl)cccc1C(=O)O. The molecule has 0 saturated heterocycles. The molecule has 0 spiro atoms. The highest BCUT2D eigenvalue weighted by atomic mass is 35.5. The third-order valence-corrected chi connectivity index (χ3v) is 4.86. The molecule has 0 fully saturated rings. The normalized spacial score (nSPS) is 20.0. The average Bonchev–Trinajstić information content (AvgIpc) is 2.38. The third kappa shape index (κ3) is 3.36. The van der Waals surface area contributed by atoms with Gasteiger partial charge in [-0.3, -0.25) is 4.90 Å². The number of hydrogen-bond acceptors (Lipinski definition) is 2. The van der Waals surface area contributed by atoms with E-state index in [0.717, 1.165) is 18.5 Å². The molecule has 0 bridgehead atoms. The van der Waals surface area contributed by atoms with Gasteiger partial charge in [0.25, 0.3) is 0 Å². The predicted molar refractivity (Wildman–Crippen MR) is 90.7 cm³/mol. The van der Waals surface area contributed by atoms with Crippen molar-refractivity contribution in [1.82, 2.24) is 4.90 Å². The van der Waals surface area contributed by atoms with Gasteiger partial charge in [0.2, 0.25) is 0 Å². The van der Waals surface area contributed by atoms with Crippen LogP contribution in [0.5, 0.6) is 0 Å². The van der Waals surface area contributed by atoms with Crippen molar-refractivity contribution in [2.24, 2.45) is 0 Å². The molecule has 0 radical (unpaired) electrons. The lowest BCUT2D eigenvalue weighted by Crippen LogP contribution is -2.57. The van der Waals surface area contributed by atoms with Gasteiger partial charge in [-0.05, 0) is 58.2 Å². The molecule has 1 aliphatic rings. The molecule has 0 aliphatic carbocycles. The van der Waals surface area contributed by atoms with E-state index in [1.165, 1.54) is 0 Å². The molecule has 4 heteroatoms. The number of hydrogen-bond donors (Lipinski definition) is 1. The molecule has 120 valence electrons. The molecule has 0 amide bonds. The van der Waals surface area contributed by atoms with E-state index in [9.17, 15) is 9.90 Å². The van der Waals surface area contributed by atoms with Gasteiger partial charge in [-0.2, -0.15) is 0 Å². The fourth-order valence-corrected chi connectivity index (χ4v) is 3.71. The Bertz CT molecular complexity index is 605. The Morgan fingerprint density at radius 3 is 2.59 bits per heavy atom. The summed E-state index contributed by atoms with van der Waals surface area (Å²) < 4.78 is 0. The van der Waals surface area contributed by atoms with Crippen LogP contribution < -0.4 is 0 Å². The summed E-state index contributed by atoms with van der Waals surface area (Å²) in [5.74, 6) is -0.922. The average molecular weight is 322 g/mol. The third-order valence-electron chi connectivity index (χ3n) is 4.50. The van der Waals surface area contributed by atoms with Gasteiger partial charge in [-0.1, -0.05) is 29.8 Å². The van der Waals surface area contributed by atoms with E-state index in [-0.39, 0.29) is 11.1 Å². The summed E-state index contributed by atoms with van der Waals surface area (Å²) in [5, 5.41) is 9.88. The Hall–Kier alpha value is -1.32. The fraction of sp³-hybridized carbons (Fsp3) is 0.500. The second kappa shape index (κ2) is 6.05. The van der Waals surface area contributed by atoms with Crippen LogP contribution >= 0.6 is 11.6 Å². The largest absolute Gasteiger partial charge is 0.478 e. The quantitative estimate of drug-likeness (QED) is 0.836. The molecule has 2 rings (SSSR count). The number of aromatic carboxylic acids is 1. The van der Waals surface area contributed by atoms with Crippen molar-refractivity contribution in [3.05, 3.63) is 46.5 Å². The smallest absolute Gasteiger partial charge is 0.336 e. The fourth-order valence-electron chi connectivity index (χ4n) is 3.44. The van der Waals surface area contributed by atoms with E-state index in [0.29, 0.717) is 17.0 Å². The van der Waals surface area contributed by atoms with Crippen molar-refractivity contribution in [3.8, 4) is 0 Å². The number of benzene rings is 1. The summed E-state index contributed by atoms with van der Waals surface area (Å²) in [5.41, 5.74) is 1.02. The molecular formula is C18H24ClNO2. The lowest BCUT2D eigenvalue weighted by atomic mass is 9.84. The van der Waals surface area contributed by atoms with Crippen LogP contribution in [-0.2, 0) is 6.42 Å². The van der Waals surface area contributed by atoms with Crippen LogP contribution in [-0.4, -0.2) is 33.6 Å². The standard InChI is InChI=1S/C18H24ClNO2/c1-17(2)10-6-11-18(3,4)20(17)12-9-13-14(16(21)22)7-5-8-15(13)19/h5-8,10H,9,11-12H2,1-4H3,(H,21,22). The molecular weight excluding hydrogens is 298 g/mol. The van der Waals surface area contributed by atoms with Crippen LogP contribution in [0.4, 0.5) is 0 Å². The van der Waals surface area contributed by atoms with E-state index in [1.807, 2.05) is 0 Å². The molecule has 1 N–H and O–H groups in total. The lowest BCUT2D eigenvalue weighted by Gasteiger charge is -2.50. The van der Waals surface area contributed by atoms with Crippen molar-refractivity contribution in [1.29, 1.82) is 0 Å². The molecule has 1 heterocycles. The summed E-state index contributed by atoms with van der Waals surface area (Å²) in [6, 6.07) is 5.07. The van der Waals surface area contributed by atoms with Crippen molar-refractivity contribution >= 4 is 17.6 Å². The molecule has 22 heavy (non-hydrogen) atoms. The zero-order valence-electron chi connectivity index (χ0n) is 13.7. The summed E-state index contributed by atoms with van der Waals surface area (Å²) in [7, 11) is 0. The Labute approximate surface area is 137 Å². The first-order valence-electron chi connectivity index (χ1n) is 7.61. The number of carboxylic acids is 1. The Balaban J connectivity index is 2.26. The first kappa shape index (κ1) is 17.0. The molecule has 0 atom stereocenters. The summed E-state index contributed by atoms with van der Waals surface area (Å²) >= 11 is 6.24. The van der Waals surface area contributed by atoms with Crippen LogP contribution in [0.3, 0.4) is 0 Å². The minimum atomic E-state index is -0.922. The van der Waals surface area contributed by atoms with Crippen LogP contribution in [0.2, 0.25) is 5.02 Å². The van der Waals surface area contributed by atoms with Gasteiger partial charge < -0.3 is 5.11 Å². The van der Waals surface area contributed by atoms with E-state index < -0.39 is 5.97 Å². The number of halogens is 1. The summed E-state index contributed by atoms with van der Waals surface area (Å²) in [6.45, 7) is 9.60. The molecule has 0 unspecified atom stereocenters. The maximum atomic E-state index is 11.4. The Kier molecular flexibility index (Phi) is 4.69. The van der Waals surface area contributed by atoms with Gasteiger partial charge in [0, 0.05) is 22.6 Å². The molecule has 1 aromatic carbocycles. The first-order valence-corrected chi connectivity index (χ1v) is 7.99. The first-order chi connectivity index (χ1) is 10.1. The number of nitrogens with zero attached hydrogens (tertiary/aromatic N) is 1. The highest BCUT2D eigenvalue weighted by molar-refractivity contribution is 6.31. The van der Waals surface area contributed by atoms with E-state index in [4.69, 9.17) is 11.6 Å². The van der Waals surface area contributed by atoms with Gasteiger partial charge >= 0.3 is 5.97 Å². The Morgan fingerprint density at radius 2 is 2.00 bits per heavy atom. The summed E-state index contributed by atoms with van der Waals surface area (Å²) in [4.78, 5) is 13.8. The molecule has 1 aromatic rings. The minimum Gasteiger partial charge on any atom is -0.478 e. The van der Waals surface area contributed by atoms with Crippen molar-refractivity contribution in [2.75, 3.05) is 6.54 Å². The minimum absolute atomic E-state index is 0.0445. The number of rotatable bonds is 4. The van der Waals surface area contributed by atoms with Gasteiger partial charge in [0.15, 0.2) is 0 Å². The van der Waals surface area contributed by atoms with Crippen LogP contribution in [0.1, 0.15) is 50.0 Å². The summed E-state index contributed by atoms with van der Waals surface area (Å²) in [6.07, 6.45) is 6.07. The molecule has 3 nitrogen and oxygen atoms in total. The van der Waals surface area contributed by atoms with Crippen molar-refractivity contribution in [3.63, 3.8) is 0 Å². The number of carboxylic acid groups (broad SMARTS) is 1. The van der Waals surface area contributed by atoms with Gasteiger partial charge in [0.05, 0.1) is 5.56 Å². The van der Waals surface area contributed by atoms with Crippen LogP contribution in [0.25, 0.3) is 0 Å². The maximum absolute atomic E-state index is 11.4. The van der Waals surface area contributed by atoms with Gasteiger partial charge in [-0.15, -0.1) is 0 Å². The van der Waals surface area contributed by atoms with Crippen LogP contribution in [0, 0.1) is 0 Å². The lowest BCUT2D eigenvalue weighted by molar-refractivity contribution is 0.0367. The van der Waals surface area contributed by atoms with Crippen LogP contribution in [0.15, 0.2) is 30.4 Å². The second-order valence-corrected chi connectivity index (χ2v) is 7.45. The predicted octanol–water partition coefficient (Wildman–Crippen LogP) is 4.40. The van der Waals surface area contributed by atoms with Gasteiger partial charge in [0.1, 0.15) is 0 Å². The molecule has 1 aliphatic heterocycles. The maximum Gasteiger partial charge on any atom is 0.336 e. The molecule has 0 saturated carbocycles. The highest BCUT2D eigenvalue weighted by Crippen LogP contribution is 2.34.